The fourth-order valence-electron chi connectivity index (χ4n) is 3.65. The summed E-state index contributed by atoms with van der Waals surface area (Å²) in [5, 5.41) is 15.2. The first-order valence-corrected chi connectivity index (χ1v) is 12.0. The molecular formula is C28H23BrN2O5. The van der Waals surface area contributed by atoms with Gasteiger partial charge in [0, 0.05) is 10.0 Å². The minimum absolute atomic E-state index is 0.0633. The molecule has 0 aromatic heterocycles. The quantitative estimate of drug-likeness (QED) is 0.265. The van der Waals surface area contributed by atoms with E-state index in [9.17, 15) is 14.7 Å². The first kappa shape index (κ1) is 24.9. The standard InChI is InChI=1S/C28H23BrN2O5/c1-3-13-36-25-17-23(29)20(16-24(25)35-4-2)15-22-26(18-9-6-5-7-10-18)30-31(27(22)32)21-12-8-11-19(14-21)28(33)34/h3,5-12,14-17H,1,4,13H2,2H3,(H,33,34). The van der Waals surface area contributed by atoms with E-state index < -0.39 is 5.97 Å². The Hall–Kier alpha value is -4.17. The Labute approximate surface area is 217 Å². The van der Waals surface area contributed by atoms with Gasteiger partial charge in [0.15, 0.2) is 11.5 Å². The third kappa shape index (κ3) is 5.23. The summed E-state index contributed by atoms with van der Waals surface area (Å²) in [7, 11) is 0. The second-order valence-corrected chi connectivity index (χ2v) is 8.55. The van der Waals surface area contributed by atoms with Gasteiger partial charge in [0.25, 0.3) is 5.91 Å². The number of aromatic carboxylic acids is 1. The van der Waals surface area contributed by atoms with Gasteiger partial charge in [0.05, 0.1) is 23.4 Å². The van der Waals surface area contributed by atoms with Crippen LogP contribution in [0.1, 0.15) is 28.4 Å². The second kappa shape index (κ2) is 11.0. The van der Waals surface area contributed by atoms with E-state index in [0.717, 1.165) is 5.56 Å². The minimum Gasteiger partial charge on any atom is -0.490 e. The smallest absolute Gasteiger partial charge is 0.335 e. The van der Waals surface area contributed by atoms with E-state index in [4.69, 9.17) is 9.47 Å². The van der Waals surface area contributed by atoms with Crippen LogP contribution in [0, 0.1) is 0 Å². The first-order valence-electron chi connectivity index (χ1n) is 11.2. The Bertz CT molecular complexity index is 1380. The predicted octanol–water partition coefficient (Wildman–Crippen LogP) is 5.95. The molecule has 1 N–H and O–H groups in total. The SMILES string of the molecule is C=CCOc1cc(Br)c(C=C2C(=O)N(c3cccc(C(=O)O)c3)N=C2c2ccccc2)cc1OCC. The van der Waals surface area contributed by atoms with Crippen molar-refractivity contribution in [2.45, 2.75) is 6.92 Å². The second-order valence-electron chi connectivity index (χ2n) is 7.70. The number of carboxylic acids is 1. The van der Waals surface area contributed by atoms with Crippen LogP contribution in [0.5, 0.6) is 11.5 Å². The summed E-state index contributed by atoms with van der Waals surface area (Å²) in [5.41, 5.74) is 2.69. The summed E-state index contributed by atoms with van der Waals surface area (Å²) in [6.07, 6.45) is 3.38. The molecule has 4 rings (SSSR count). The third-order valence-electron chi connectivity index (χ3n) is 5.28. The van der Waals surface area contributed by atoms with E-state index in [1.165, 1.54) is 17.1 Å². The molecule has 36 heavy (non-hydrogen) atoms. The average molecular weight is 547 g/mol. The van der Waals surface area contributed by atoms with Crippen LogP contribution in [-0.2, 0) is 4.79 Å². The topological polar surface area (TPSA) is 88.4 Å². The van der Waals surface area contributed by atoms with E-state index in [1.807, 2.05) is 37.3 Å². The molecule has 3 aromatic carbocycles. The molecular weight excluding hydrogens is 524 g/mol. The molecule has 1 aliphatic heterocycles. The van der Waals surface area contributed by atoms with E-state index in [0.29, 0.717) is 51.7 Å². The van der Waals surface area contributed by atoms with Gasteiger partial charge in [-0.1, -0.05) is 65.0 Å². The van der Waals surface area contributed by atoms with Crippen LogP contribution >= 0.6 is 15.9 Å². The highest BCUT2D eigenvalue weighted by Gasteiger charge is 2.32. The summed E-state index contributed by atoms with van der Waals surface area (Å²) >= 11 is 3.58. The lowest BCUT2D eigenvalue weighted by Gasteiger charge is -2.14. The van der Waals surface area contributed by atoms with E-state index in [1.54, 1.807) is 36.4 Å². The van der Waals surface area contributed by atoms with Gasteiger partial charge in [0.2, 0.25) is 0 Å². The number of anilines is 1. The van der Waals surface area contributed by atoms with Crippen molar-refractivity contribution in [3.8, 4) is 11.5 Å². The lowest BCUT2D eigenvalue weighted by molar-refractivity contribution is -0.114. The lowest BCUT2D eigenvalue weighted by Crippen LogP contribution is -2.21. The number of hydrazone groups is 1. The number of halogens is 1. The number of amides is 1. The molecule has 7 nitrogen and oxygen atoms in total. The molecule has 1 heterocycles. The van der Waals surface area contributed by atoms with Crippen LogP contribution in [0.4, 0.5) is 5.69 Å². The van der Waals surface area contributed by atoms with Gasteiger partial charge >= 0.3 is 5.97 Å². The molecule has 0 bridgehead atoms. The predicted molar refractivity (Wildman–Crippen MR) is 143 cm³/mol. The van der Waals surface area contributed by atoms with E-state index >= 15 is 0 Å². The number of ether oxygens (including phenoxy) is 2. The molecule has 8 heteroatoms. The summed E-state index contributed by atoms with van der Waals surface area (Å²) < 4.78 is 12.2. The molecule has 1 aliphatic rings. The van der Waals surface area contributed by atoms with Crippen molar-refractivity contribution in [2.24, 2.45) is 5.10 Å². The zero-order chi connectivity index (χ0) is 25.7. The summed E-state index contributed by atoms with van der Waals surface area (Å²) in [6.45, 7) is 6.31. The van der Waals surface area contributed by atoms with E-state index in [2.05, 4.69) is 27.6 Å². The van der Waals surface area contributed by atoms with Crippen molar-refractivity contribution in [3.63, 3.8) is 0 Å². The number of nitrogens with zero attached hydrogens (tertiary/aromatic N) is 2. The van der Waals surface area contributed by atoms with Gasteiger partial charge in [0.1, 0.15) is 12.3 Å². The number of hydrogen-bond donors (Lipinski definition) is 1. The van der Waals surface area contributed by atoms with Crippen molar-refractivity contribution in [1.82, 2.24) is 0 Å². The Morgan fingerprint density at radius 3 is 2.53 bits per heavy atom. The zero-order valence-electron chi connectivity index (χ0n) is 19.5. The highest BCUT2D eigenvalue weighted by molar-refractivity contribution is 9.10. The van der Waals surface area contributed by atoms with Crippen LogP contribution in [-0.4, -0.2) is 35.9 Å². The van der Waals surface area contributed by atoms with Crippen LogP contribution in [0.25, 0.3) is 6.08 Å². The number of carbonyl (C=O) groups is 2. The van der Waals surface area contributed by atoms with Gasteiger partial charge < -0.3 is 14.6 Å². The van der Waals surface area contributed by atoms with Crippen LogP contribution in [0.3, 0.4) is 0 Å². The molecule has 0 fully saturated rings. The van der Waals surface area contributed by atoms with Crippen LogP contribution in [0.2, 0.25) is 0 Å². The molecule has 0 aliphatic carbocycles. The van der Waals surface area contributed by atoms with Crippen molar-refractivity contribution >= 4 is 45.3 Å². The average Bonchev–Trinajstić information content (AvgIpc) is 3.21. The maximum atomic E-state index is 13.6. The van der Waals surface area contributed by atoms with Gasteiger partial charge in [-0.05, 0) is 48.9 Å². The van der Waals surface area contributed by atoms with Gasteiger partial charge in [-0.25, -0.2) is 4.79 Å². The number of benzene rings is 3. The van der Waals surface area contributed by atoms with Crippen molar-refractivity contribution in [3.05, 3.63) is 106 Å². The fraction of sp³-hybridized carbons (Fsp3) is 0.107. The Balaban J connectivity index is 1.82. The van der Waals surface area contributed by atoms with Gasteiger partial charge in [-0.3, -0.25) is 4.79 Å². The van der Waals surface area contributed by atoms with Crippen molar-refractivity contribution < 1.29 is 24.2 Å². The maximum Gasteiger partial charge on any atom is 0.335 e. The first-order chi connectivity index (χ1) is 17.4. The molecule has 1 amide bonds. The molecule has 0 spiro atoms. The summed E-state index contributed by atoms with van der Waals surface area (Å²) in [5.74, 6) is -0.387. The largest absolute Gasteiger partial charge is 0.490 e. The Kier molecular flexibility index (Phi) is 7.65. The van der Waals surface area contributed by atoms with Gasteiger partial charge in [-0.15, -0.1) is 0 Å². The maximum absolute atomic E-state index is 13.6. The third-order valence-corrected chi connectivity index (χ3v) is 5.97. The Morgan fingerprint density at radius 1 is 1.08 bits per heavy atom. The molecule has 3 aromatic rings. The van der Waals surface area contributed by atoms with Crippen molar-refractivity contribution in [1.29, 1.82) is 0 Å². The Morgan fingerprint density at radius 2 is 1.83 bits per heavy atom. The molecule has 0 saturated heterocycles. The minimum atomic E-state index is -1.09. The number of carbonyl (C=O) groups excluding carboxylic acids is 1. The lowest BCUT2D eigenvalue weighted by atomic mass is 10.00. The van der Waals surface area contributed by atoms with Crippen LogP contribution in [0.15, 0.2) is 94.5 Å². The fourth-order valence-corrected chi connectivity index (χ4v) is 4.08. The normalized spacial score (nSPS) is 14.1. The monoisotopic (exact) mass is 546 g/mol. The highest BCUT2D eigenvalue weighted by atomic mass is 79.9. The number of rotatable bonds is 9. The van der Waals surface area contributed by atoms with Gasteiger partial charge in [-0.2, -0.15) is 10.1 Å². The van der Waals surface area contributed by atoms with Crippen LogP contribution < -0.4 is 14.5 Å². The number of carboxylic acid groups (broad SMARTS) is 1. The molecule has 0 radical (unpaired) electrons. The summed E-state index contributed by atoms with van der Waals surface area (Å²) in [4.78, 5) is 25.1. The number of hydrogen-bond acceptors (Lipinski definition) is 5. The zero-order valence-corrected chi connectivity index (χ0v) is 21.1. The molecule has 0 saturated carbocycles. The van der Waals surface area contributed by atoms with Crippen molar-refractivity contribution in [2.75, 3.05) is 18.2 Å². The molecule has 0 unspecified atom stereocenters. The molecule has 0 atom stereocenters. The molecule has 182 valence electrons. The highest BCUT2D eigenvalue weighted by Crippen LogP contribution is 2.36. The van der Waals surface area contributed by atoms with E-state index in [-0.39, 0.29) is 11.5 Å². The summed E-state index contributed by atoms with van der Waals surface area (Å²) in [6, 6.07) is 19.0.